The second-order valence-corrected chi connectivity index (χ2v) is 6.38. The molecule has 20 heavy (non-hydrogen) atoms. The van der Waals surface area contributed by atoms with Crippen molar-refractivity contribution in [3.63, 3.8) is 0 Å². The average Bonchev–Trinajstić information content (AvgIpc) is 2.39. The van der Waals surface area contributed by atoms with Gasteiger partial charge in [0.05, 0.1) is 10.0 Å². The Morgan fingerprint density at radius 3 is 2.60 bits per heavy atom. The topological polar surface area (TPSA) is 23.6 Å². The molecule has 1 saturated heterocycles. The molecule has 0 bridgehead atoms. The van der Waals surface area contributed by atoms with Crippen LogP contribution in [0.5, 0.6) is 0 Å². The summed E-state index contributed by atoms with van der Waals surface area (Å²) in [5.74, 6) is -1.24. The molecule has 0 atom stereocenters. The molecule has 3 nitrogen and oxygen atoms in total. The van der Waals surface area contributed by atoms with Gasteiger partial charge < -0.3 is 4.90 Å². The summed E-state index contributed by atoms with van der Waals surface area (Å²) in [7, 11) is 1.74. The second kappa shape index (κ2) is 5.41. The molecule has 1 aromatic carbocycles. The third-order valence-electron chi connectivity index (χ3n) is 3.85. The number of rotatable bonds is 2. The van der Waals surface area contributed by atoms with Gasteiger partial charge in [0.1, 0.15) is 11.6 Å². The summed E-state index contributed by atoms with van der Waals surface area (Å²) < 4.78 is 28.1. The summed E-state index contributed by atoms with van der Waals surface area (Å²) in [5.41, 5.74) is -0.779. The van der Waals surface area contributed by atoms with Crippen LogP contribution in [0.4, 0.5) is 8.78 Å². The van der Waals surface area contributed by atoms with Gasteiger partial charge in [-0.25, -0.2) is 8.78 Å². The van der Waals surface area contributed by atoms with Gasteiger partial charge in [-0.3, -0.25) is 9.69 Å². The maximum Gasteiger partial charge on any atom is 0.242 e. The Bertz CT molecular complexity index is 548. The molecule has 0 spiro atoms. The van der Waals surface area contributed by atoms with E-state index in [4.69, 9.17) is 0 Å². The smallest absolute Gasteiger partial charge is 0.242 e. The number of hydrogen-bond donors (Lipinski definition) is 0. The average molecular weight is 347 g/mol. The third kappa shape index (κ3) is 2.59. The lowest BCUT2D eigenvalue weighted by molar-refractivity contribution is -0.147. The molecule has 6 heteroatoms. The van der Waals surface area contributed by atoms with E-state index in [9.17, 15) is 13.6 Å². The Hall–Kier alpha value is -1.01. The van der Waals surface area contributed by atoms with Crippen molar-refractivity contribution in [3.8, 4) is 0 Å². The first kappa shape index (κ1) is 15.4. The highest BCUT2D eigenvalue weighted by Gasteiger charge is 2.40. The van der Waals surface area contributed by atoms with Gasteiger partial charge in [-0.05, 0) is 41.9 Å². The van der Waals surface area contributed by atoms with Gasteiger partial charge in [0.15, 0.2) is 0 Å². The quantitative estimate of drug-likeness (QED) is 0.768. The monoisotopic (exact) mass is 346 g/mol. The molecule has 1 aliphatic rings. The van der Waals surface area contributed by atoms with E-state index >= 15 is 0 Å². The lowest BCUT2D eigenvalue weighted by Crippen LogP contribution is -2.61. The molecular weight excluding hydrogens is 330 g/mol. The lowest BCUT2D eigenvalue weighted by atomic mass is 9.96. The van der Waals surface area contributed by atoms with Gasteiger partial charge in [-0.15, -0.1) is 0 Å². The fourth-order valence-corrected chi connectivity index (χ4v) is 2.81. The molecule has 0 radical (unpaired) electrons. The number of halogens is 3. The summed E-state index contributed by atoms with van der Waals surface area (Å²) in [4.78, 5) is 15.6. The normalized spacial score (nSPS) is 19.5. The van der Waals surface area contributed by atoms with Crippen LogP contribution < -0.4 is 0 Å². The molecule has 1 heterocycles. The molecule has 1 aromatic rings. The van der Waals surface area contributed by atoms with E-state index in [0.717, 1.165) is 0 Å². The van der Waals surface area contributed by atoms with Crippen LogP contribution in [-0.2, 0) is 11.3 Å². The maximum absolute atomic E-state index is 14.0. The van der Waals surface area contributed by atoms with E-state index < -0.39 is 17.2 Å². The van der Waals surface area contributed by atoms with E-state index in [-0.39, 0.29) is 22.5 Å². The van der Waals surface area contributed by atoms with Crippen molar-refractivity contribution in [1.29, 1.82) is 0 Å². The molecule has 2 rings (SSSR count). The van der Waals surface area contributed by atoms with Gasteiger partial charge in [0.25, 0.3) is 0 Å². The van der Waals surface area contributed by atoms with Crippen molar-refractivity contribution in [2.75, 3.05) is 20.1 Å². The molecular formula is C14H17BrF2N2O. The van der Waals surface area contributed by atoms with Crippen molar-refractivity contribution in [1.82, 2.24) is 9.80 Å². The van der Waals surface area contributed by atoms with Crippen LogP contribution in [0.3, 0.4) is 0 Å². The van der Waals surface area contributed by atoms with Crippen LogP contribution in [-0.4, -0.2) is 41.4 Å². The number of carbonyl (C=O) groups excluding carboxylic acids is 1. The van der Waals surface area contributed by atoms with Crippen molar-refractivity contribution in [2.45, 2.75) is 25.9 Å². The van der Waals surface area contributed by atoms with Crippen molar-refractivity contribution in [3.05, 3.63) is 33.8 Å². The van der Waals surface area contributed by atoms with E-state index in [2.05, 4.69) is 15.9 Å². The first-order chi connectivity index (χ1) is 9.25. The van der Waals surface area contributed by atoms with E-state index in [1.807, 2.05) is 4.90 Å². The first-order valence-corrected chi connectivity index (χ1v) is 7.17. The minimum atomic E-state index is -0.770. The van der Waals surface area contributed by atoms with Crippen molar-refractivity contribution >= 4 is 21.8 Å². The predicted octanol–water partition coefficient (Wildman–Crippen LogP) is 2.78. The summed E-state index contributed by atoms with van der Waals surface area (Å²) in [6.45, 7) is 4.77. The van der Waals surface area contributed by atoms with E-state index in [0.29, 0.717) is 13.1 Å². The molecule has 110 valence electrons. The van der Waals surface area contributed by atoms with Crippen LogP contribution in [0.2, 0.25) is 0 Å². The predicted molar refractivity (Wildman–Crippen MR) is 76.2 cm³/mol. The Morgan fingerprint density at radius 2 is 1.95 bits per heavy atom. The van der Waals surface area contributed by atoms with Crippen LogP contribution in [0, 0.1) is 11.6 Å². The van der Waals surface area contributed by atoms with Crippen LogP contribution in [0.15, 0.2) is 16.6 Å². The number of carbonyl (C=O) groups is 1. The van der Waals surface area contributed by atoms with Crippen molar-refractivity contribution < 1.29 is 13.6 Å². The molecule has 1 fully saturated rings. The number of hydrogen-bond acceptors (Lipinski definition) is 2. The Kier molecular flexibility index (Phi) is 4.16. The van der Waals surface area contributed by atoms with Gasteiger partial charge in [-0.2, -0.15) is 0 Å². The number of amides is 1. The van der Waals surface area contributed by atoms with Gasteiger partial charge in [0.2, 0.25) is 5.91 Å². The molecule has 0 aromatic heterocycles. The highest BCUT2D eigenvalue weighted by atomic mass is 79.9. The fraction of sp³-hybridized carbons (Fsp3) is 0.500. The Morgan fingerprint density at radius 1 is 1.30 bits per heavy atom. The molecule has 1 aliphatic heterocycles. The van der Waals surface area contributed by atoms with Gasteiger partial charge in [-0.1, -0.05) is 0 Å². The van der Waals surface area contributed by atoms with Crippen molar-refractivity contribution in [2.24, 2.45) is 0 Å². The molecule has 0 aliphatic carbocycles. The Labute approximate surface area is 125 Å². The zero-order valence-electron chi connectivity index (χ0n) is 11.7. The van der Waals surface area contributed by atoms with Gasteiger partial charge >= 0.3 is 0 Å². The minimum absolute atomic E-state index is 0.00944. The Balaban J connectivity index is 2.31. The molecule has 0 unspecified atom stereocenters. The van der Waals surface area contributed by atoms with E-state index in [1.165, 1.54) is 12.1 Å². The fourth-order valence-electron chi connectivity index (χ4n) is 2.44. The summed E-state index contributed by atoms with van der Waals surface area (Å²) in [6, 6.07) is 2.57. The summed E-state index contributed by atoms with van der Waals surface area (Å²) >= 11 is 3.06. The highest BCUT2D eigenvalue weighted by Crippen LogP contribution is 2.28. The third-order valence-corrected chi connectivity index (χ3v) is 4.47. The largest absolute Gasteiger partial charge is 0.343 e. The van der Waals surface area contributed by atoms with Crippen LogP contribution in [0.25, 0.3) is 0 Å². The highest BCUT2D eigenvalue weighted by molar-refractivity contribution is 9.10. The second-order valence-electron chi connectivity index (χ2n) is 5.53. The SMILES string of the molecule is CN1CCN(Cc2c(F)ccc(Br)c2F)C(C)(C)C1=O. The molecule has 1 amide bonds. The van der Waals surface area contributed by atoms with Crippen LogP contribution >= 0.6 is 15.9 Å². The summed E-state index contributed by atoms with van der Waals surface area (Å²) in [5, 5.41) is 0. The molecule has 0 saturated carbocycles. The number of likely N-dealkylation sites (N-methyl/N-ethyl adjacent to an activating group) is 1. The number of benzene rings is 1. The number of piperazine rings is 1. The summed E-state index contributed by atoms with van der Waals surface area (Å²) in [6.07, 6.45) is 0. The zero-order chi connectivity index (χ0) is 15.1. The maximum atomic E-state index is 14.0. The van der Waals surface area contributed by atoms with Gasteiger partial charge in [0, 0.05) is 32.2 Å². The first-order valence-electron chi connectivity index (χ1n) is 6.38. The minimum Gasteiger partial charge on any atom is -0.343 e. The lowest BCUT2D eigenvalue weighted by Gasteiger charge is -2.44. The zero-order valence-corrected chi connectivity index (χ0v) is 13.3. The standard InChI is InChI=1S/C14H17BrF2N2O/c1-14(2)13(20)18(3)6-7-19(14)8-9-11(16)5-4-10(15)12(9)17/h4-5H,6-8H2,1-3H3. The van der Waals surface area contributed by atoms with Crippen LogP contribution in [0.1, 0.15) is 19.4 Å². The van der Waals surface area contributed by atoms with E-state index in [1.54, 1.807) is 25.8 Å². The molecule has 0 N–H and O–H groups in total. The number of nitrogens with zero attached hydrogens (tertiary/aromatic N) is 2.